The van der Waals surface area contributed by atoms with E-state index in [1.807, 2.05) is 0 Å². The summed E-state index contributed by atoms with van der Waals surface area (Å²) in [5, 5.41) is 4.50. The molecule has 1 amide bonds. The molecule has 0 saturated heterocycles. The van der Waals surface area contributed by atoms with Gasteiger partial charge in [-0.05, 0) is 57.1 Å². The Labute approximate surface area is 168 Å². The number of nitrogens with one attached hydrogen (secondary N) is 1. The monoisotopic (exact) mass is 374 g/mol. The van der Waals surface area contributed by atoms with Gasteiger partial charge in [-0.25, -0.2) is 5.43 Å². The quantitative estimate of drug-likeness (QED) is 0.562. The third-order valence-corrected chi connectivity index (χ3v) is 6.42. The first kappa shape index (κ1) is 18.9. The highest BCUT2D eigenvalue weighted by Gasteiger charge is 2.60. The normalized spacial score (nSPS) is 20.9. The van der Waals surface area contributed by atoms with Crippen molar-refractivity contribution in [3.05, 3.63) is 70.8 Å². The zero-order chi connectivity index (χ0) is 19.6. The molecular weight excluding hydrogens is 344 g/mol. The minimum Gasteiger partial charge on any atom is -0.273 e. The number of aryl methyl sites for hydroxylation is 2. The van der Waals surface area contributed by atoms with Gasteiger partial charge in [-0.2, -0.15) is 5.10 Å². The molecule has 146 valence electrons. The van der Waals surface area contributed by atoms with E-state index in [0.717, 1.165) is 25.0 Å². The van der Waals surface area contributed by atoms with Gasteiger partial charge in [0, 0.05) is 11.1 Å². The zero-order valence-corrected chi connectivity index (χ0v) is 17.0. The Morgan fingerprint density at radius 1 is 0.857 bits per heavy atom. The van der Waals surface area contributed by atoms with Crippen molar-refractivity contribution < 1.29 is 4.79 Å². The standard InChI is InChI=1S/C25H30N2O/c1-18-9-13-20(14-10-18)25(21-15-11-19(2)12-16-21)17-23(25)24(28)27-26-22-7-5-3-4-6-8-22/h9-16,23H,3-8,17H2,1-2H3,(H,27,28)/t23-/m1/s1. The van der Waals surface area contributed by atoms with Gasteiger partial charge >= 0.3 is 0 Å². The minimum atomic E-state index is -0.227. The summed E-state index contributed by atoms with van der Waals surface area (Å²) in [6.45, 7) is 4.20. The first-order valence-electron chi connectivity index (χ1n) is 10.6. The highest BCUT2D eigenvalue weighted by molar-refractivity contribution is 5.89. The fraction of sp³-hybridized carbons (Fsp3) is 0.440. The molecule has 0 bridgehead atoms. The lowest BCUT2D eigenvalue weighted by Gasteiger charge is -2.19. The van der Waals surface area contributed by atoms with Crippen molar-refractivity contribution in [2.45, 2.75) is 64.2 Å². The second-order valence-electron chi connectivity index (χ2n) is 8.53. The van der Waals surface area contributed by atoms with E-state index in [1.54, 1.807) is 0 Å². The second-order valence-corrected chi connectivity index (χ2v) is 8.53. The predicted octanol–water partition coefficient (Wildman–Crippen LogP) is 5.44. The number of hydrogen-bond donors (Lipinski definition) is 1. The Balaban J connectivity index is 1.58. The number of amides is 1. The van der Waals surface area contributed by atoms with Crippen molar-refractivity contribution in [2.24, 2.45) is 11.0 Å². The Hall–Kier alpha value is -2.42. The van der Waals surface area contributed by atoms with Crippen LogP contribution in [0.3, 0.4) is 0 Å². The summed E-state index contributed by atoms with van der Waals surface area (Å²) in [6, 6.07) is 17.3. The van der Waals surface area contributed by atoms with Crippen molar-refractivity contribution in [1.29, 1.82) is 0 Å². The summed E-state index contributed by atoms with van der Waals surface area (Å²) >= 11 is 0. The minimum absolute atomic E-state index is 0.0536. The number of rotatable bonds is 4. The molecule has 3 nitrogen and oxygen atoms in total. The summed E-state index contributed by atoms with van der Waals surface area (Å²) in [4.78, 5) is 13.0. The molecule has 0 spiro atoms. The summed E-state index contributed by atoms with van der Waals surface area (Å²) in [5.41, 5.74) is 8.77. The van der Waals surface area contributed by atoms with Gasteiger partial charge in [0.2, 0.25) is 5.91 Å². The second kappa shape index (κ2) is 7.90. The maximum Gasteiger partial charge on any atom is 0.244 e. The van der Waals surface area contributed by atoms with E-state index < -0.39 is 0 Å². The third kappa shape index (κ3) is 3.76. The molecule has 2 aliphatic rings. The van der Waals surface area contributed by atoms with Gasteiger partial charge in [0.1, 0.15) is 0 Å². The maximum absolute atomic E-state index is 13.0. The van der Waals surface area contributed by atoms with Crippen LogP contribution in [0.4, 0.5) is 0 Å². The van der Waals surface area contributed by atoms with Crippen molar-refractivity contribution in [3.8, 4) is 0 Å². The van der Waals surface area contributed by atoms with Crippen molar-refractivity contribution in [3.63, 3.8) is 0 Å². The topological polar surface area (TPSA) is 41.5 Å². The van der Waals surface area contributed by atoms with Crippen LogP contribution in [0, 0.1) is 19.8 Å². The van der Waals surface area contributed by atoms with Gasteiger partial charge in [-0.1, -0.05) is 72.5 Å². The van der Waals surface area contributed by atoms with Crippen LogP contribution in [0.1, 0.15) is 67.2 Å². The van der Waals surface area contributed by atoms with Crippen molar-refractivity contribution >= 4 is 11.6 Å². The molecule has 0 heterocycles. The van der Waals surface area contributed by atoms with Crippen LogP contribution in [-0.4, -0.2) is 11.6 Å². The Bertz CT molecular complexity index is 809. The van der Waals surface area contributed by atoms with E-state index >= 15 is 0 Å². The first-order chi connectivity index (χ1) is 13.6. The molecule has 3 heteroatoms. The number of nitrogens with zero attached hydrogens (tertiary/aromatic N) is 1. The largest absolute Gasteiger partial charge is 0.273 e. The van der Waals surface area contributed by atoms with E-state index in [-0.39, 0.29) is 17.2 Å². The molecule has 0 aliphatic heterocycles. The van der Waals surface area contributed by atoms with Crippen LogP contribution < -0.4 is 5.43 Å². The Morgan fingerprint density at radius 2 is 1.36 bits per heavy atom. The molecule has 2 aromatic rings. The number of carbonyl (C=O) groups excluding carboxylic acids is 1. The number of hydrazone groups is 1. The van der Waals surface area contributed by atoms with Crippen LogP contribution in [0.5, 0.6) is 0 Å². The third-order valence-electron chi connectivity index (χ3n) is 6.42. The van der Waals surface area contributed by atoms with Gasteiger partial charge in [-0.15, -0.1) is 0 Å². The highest BCUT2D eigenvalue weighted by atomic mass is 16.2. The molecule has 0 radical (unpaired) electrons. The Morgan fingerprint density at radius 3 is 1.86 bits per heavy atom. The summed E-state index contributed by atoms with van der Waals surface area (Å²) < 4.78 is 0. The Kier molecular flexibility index (Phi) is 5.34. The van der Waals surface area contributed by atoms with E-state index in [1.165, 1.54) is 47.9 Å². The van der Waals surface area contributed by atoms with Crippen LogP contribution in [0.2, 0.25) is 0 Å². The summed E-state index contributed by atoms with van der Waals surface area (Å²) in [7, 11) is 0. The number of hydrogen-bond acceptors (Lipinski definition) is 2. The molecule has 2 aromatic carbocycles. The van der Waals surface area contributed by atoms with Crippen molar-refractivity contribution in [1.82, 2.24) is 5.43 Å². The average molecular weight is 375 g/mol. The van der Waals surface area contributed by atoms with Gasteiger partial charge in [0.05, 0.1) is 5.92 Å². The molecule has 0 aromatic heterocycles. The van der Waals surface area contributed by atoms with E-state index in [9.17, 15) is 4.79 Å². The van der Waals surface area contributed by atoms with E-state index in [0.29, 0.717) is 0 Å². The van der Waals surface area contributed by atoms with Crippen LogP contribution in [0.15, 0.2) is 53.6 Å². The lowest BCUT2D eigenvalue weighted by atomic mass is 9.85. The van der Waals surface area contributed by atoms with Crippen molar-refractivity contribution in [2.75, 3.05) is 0 Å². The molecule has 4 rings (SSSR count). The van der Waals surface area contributed by atoms with E-state index in [4.69, 9.17) is 0 Å². The summed E-state index contributed by atoms with van der Waals surface area (Å²) in [6.07, 6.45) is 7.82. The lowest BCUT2D eigenvalue weighted by Crippen LogP contribution is -2.26. The van der Waals surface area contributed by atoms with Crippen LogP contribution in [0.25, 0.3) is 0 Å². The maximum atomic E-state index is 13.0. The highest BCUT2D eigenvalue weighted by Crippen LogP contribution is 2.59. The average Bonchev–Trinajstić information content (AvgIpc) is 3.49. The molecule has 1 N–H and O–H groups in total. The predicted molar refractivity (Wildman–Crippen MR) is 115 cm³/mol. The molecule has 0 unspecified atom stereocenters. The summed E-state index contributed by atoms with van der Waals surface area (Å²) in [5.74, 6) is -0.00839. The molecule has 2 saturated carbocycles. The first-order valence-corrected chi connectivity index (χ1v) is 10.6. The van der Waals surface area contributed by atoms with Gasteiger partial charge in [0.25, 0.3) is 0 Å². The smallest absolute Gasteiger partial charge is 0.244 e. The van der Waals surface area contributed by atoms with Gasteiger partial charge < -0.3 is 0 Å². The van der Waals surface area contributed by atoms with Crippen LogP contribution >= 0.6 is 0 Å². The van der Waals surface area contributed by atoms with Gasteiger partial charge in [0.15, 0.2) is 0 Å². The fourth-order valence-corrected chi connectivity index (χ4v) is 4.55. The molecule has 2 fully saturated rings. The van der Waals surface area contributed by atoms with Gasteiger partial charge in [-0.3, -0.25) is 4.79 Å². The van der Waals surface area contributed by atoms with E-state index in [2.05, 4.69) is 72.9 Å². The fourth-order valence-electron chi connectivity index (χ4n) is 4.55. The zero-order valence-electron chi connectivity index (χ0n) is 17.0. The van der Waals surface area contributed by atoms with Crippen LogP contribution in [-0.2, 0) is 10.2 Å². The molecule has 28 heavy (non-hydrogen) atoms. The lowest BCUT2D eigenvalue weighted by molar-refractivity contribution is -0.122. The molecule has 1 atom stereocenters. The molecular formula is C25H30N2O. The SMILES string of the molecule is Cc1ccc(C2(c3ccc(C)cc3)C[C@@H]2C(=O)NN=C2CCCCCC2)cc1. The number of carbonyl (C=O) groups is 1. The molecule has 2 aliphatic carbocycles. The number of benzene rings is 2.